The molecule has 0 aliphatic carbocycles. The summed E-state index contributed by atoms with van der Waals surface area (Å²) in [5.74, 6) is -0.346. The summed E-state index contributed by atoms with van der Waals surface area (Å²) in [6.07, 6.45) is 0.0991. The topological polar surface area (TPSA) is 128 Å². The third kappa shape index (κ3) is 8.02. The molecule has 3 rings (SSSR count). The third-order valence-corrected chi connectivity index (χ3v) is 6.00. The zero-order valence-corrected chi connectivity index (χ0v) is 19.3. The zero-order chi connectivity index (χ0) is 24.4. The number of hydrogen-bond acceptors (Lipinski definition) is 5. The molecule has 4 N–H and O–H groups in total. The van der Waals surface area contributed by atoms with Crippen LogP contribution in [0.3, 0.4) is 0 Å². The second-order valence-corrected chi connectivity index (χ2v) is 9.24. The first-order valence-corrected chi connectivity index (χ1v) is 12.3. The van der Waals surface area contributed by atoms with Crippen molar-refractivity contribution in [1.29, 1.82) is 0 Å². The maximum Gasteiger partial charge on any atom is 0.408 e. The van der Waals surface area contributed by atoms with Crippen molar-refractivity contribution in [3.05, 3.63) is 102 Å². The number of primary sulfonamides is 1. The fourth-order valence-electron chi connectivity index (χ4n) is 3.27. The highest BCUT2D eigenvalue weighted by molar-refractivity contribution is 7.89. The highest BCUT2D eigenvalue weighted by Gasteiger charge is 2.22. The first-order valence-electron chi connectivity index (χ1n) is 10.7. The molecule has 0 bridgehead atoms. The van der Waals surface area contributed by atoms with E-state index in [1.54, 1.807) is 12.1 Å². The summed E-state index contributed by atoms with van der Waals surface area (Å²) < 4.78 is 28.0. The lowest BCUT2D eigenvalue weighted by Gasteiger charge is -2.19. The van der Waals surface area contributed by atoms with Crippen LogP contribution in [-0.4, -0.2) is 33.0 Å². The monoisotopic (exact) mass is 481 g/mol. The van der Waals surface area contributed by atoms with Gasteiger partial charge in [0.25, 0.3) is 0 Å². The molecule has 0 aliphatic heterocycles. The fraction of sp³-hybridized carbons (Fsp3) is 0.200. The molecular formula is C25H27N3O5S. The number of nitrogens with two attached hydrogens (primary N) is 1. The van der Waals surface area contributed by atoms with E-state index in [1.807, 2.05) is 60.7 Å². The molecule has 3 aromatic rings. The molecule has 0 aromatic heterocycles. The van der Waals surface area contributed by atoms with Gasteiger partial charge in [0, 0.05) is 13.0 Å². The largest absolute Gasteiger partial charge is 0.445 e. The molecule has 1 atom stereocenters. The number of ether oxygens (including phenoxy) is 1. The minimum atomic E-state index is -3.75. The maximum absolute atomic E-state index is 12.9. The highest BCUT2D eigenvalue weighted by Crippen LogP contribution is 2.09. The van der Waals surface area contributed by atoms with Crippen LogP contribution in [0.1, 0.15) is 16.7 Å². The van der Waals surface area contributed by atoms with Crippen molar-refractivity contribution in [2.24, 2.45) is 5.14 Å². The van der Waals surface area contributed by atoms with E-state index in [-0.39, 0.29) is 17.4 Å². The molecule has 0 saturated carbocycles. The lowest BCUT2D eigenvalue weighted by molar-refractivity contribution is -0.123. The van der Waals surface area contributed by atoms with E-state index in [1.165, 1.54) is 12.1 Å². The zero-order valence-electron chi connectivity index (χ0n) is 18.5. The van der Waals surface area contributed by atoms with Crippen molar-refractivity contribution < 1.29 is 22.7 Å². The molecule has 0 unspecified atom stereocenters. The van der Waals surface area contributed by atoms with Crippen LogP contribution >= 0.6 is 0 Å². The van der Waals surface area contributed by atoms with E-state index in [4.69, 9.17) is 9.88 Å². The Balaban J connectivity index is 1.57. The average Bonchev–Trinajstić information content (AvgIpc) is 2.83. The Morgan fingerprint density at radius 3 is 2.00 bits per heavy atom. The van der Waals surface area contributed by atoms with Crippen molar-refractivity contribution in [2.75, 3.05) is 6.54 Å². The lowest BCUT2D eigenvalue weighted by atomic mass is 10.1. The van der Waals surface area contributed by atoms with Gasteiger partial charge in [-0.3, -0.25) is 4.79 Å². The van der Waals surface area contributed by atoms with Gasteiger partial charge in [0.15, 0.2) is 0 Å². The van der Waals surface area contributed by atoms with Crippen molar-refractivity contribution >= 4 is 22.0 Å². The molecule has 0 heterocycles. The van der Waals surface area contributed by atoms with Crippen LogP contribution in [-0.2, 0) is 39.0 Å². The van der Waals surface area contributed by atoms with E-state index >= 15 is 0 Å². The predicted octanol–water partition coefficient (Wildman–Crippen LogP) is 2.53. The summed E-state index contributed by atoms with van der Waals surface area (Å²) in [4.78, 5) is 25.2. The molecule has 0 radical (unpaired) electrons. The average molecular weight is 482 g/mol. The summed E-state index contributed by atoms with van der Waals surface area (Å²) in [7, 11) is -3.75. The van der Waals surface area contributed by atoms with Crippen LogP contribution in [0.4, 0.5) is 4.79 Å². The molecular weight excluding hydrogens is 454 g/mol. The smallest absolute Gasteiger partial charge is 0.408 e. The number of alkyl carbamates (subject to hydrolysis) is 1. The third-order valence-electron chi connectivity index (χ3n) is 5.07. The fourth-order valence-corrected chi connectivity index (χ4v) is 3.78. The van der Waals surface area contributed by atoms with Gasteiger partial charge in [0.05, 0.1) is 4.90 Å². The van der Waals surface area contributed by atoms with Crippen molar-refractivity contribution in [3.8, 4) is 0 Å². The van der Waals surface area contributed by atoms with Crippen molar-refractivity contribution in [1.82, 2.24) is 10.6 Å². The molecule has 0 fully saturated rings. The number of carbonyl (C=O) groups is 2. The summed E-state index contributed by atoms with van der Waals surface area (Å²) in [6, 6.07) is 23.9. The van der Waals surface area contributed by atoms with Gasteiger partial charge in [0.1, 0.15) is 12.6 Å². The van der Waals surface area contributed by atoms with Gasteiger partial charge in [-0.2, -0.15) is 0 Å². The summed E-state index contributed by atoms with van der Waals surface area (Å²) >= 11 is 0. The van der Waals surface area contributed by atoms with Crippen molar-refractivity contribution in [3.63, 3.8) is 0 Å². The number of amides is 2. The van der Waals surface area contributed by atoms with Crippen LogP contribution in [0.5, 0.6) is 0 Å². The number of sulfonamides is 1. The van der Waals surface area contributed by atoms with E-state index in [9.17, 15) is 18.0 Å². The Morgan fingerprint density at radius 1 is 0.824 bits per heavy atom. The van der Waals surface area contributed by atoms with Gasteiger partial charge < -0.3 is 15.4 Å². The Labute approximate surface area is 199 Å². The second kappa shape index (κ2) is 12.0. The summed E-state index contributed by atoms with van der Waals surface area (Å²) in [6.45, 7) is 0.403. The minimum absolute atomic E-state index is 0.0291. The summed E-state index contributed by atoms with van der Waals surface area (Å²) in [5.41, 5.74) is 2.57. The molecule has 2 amide bonds. The normalized spacial score (nSPS) is 11.9. The van der Waals surface area contributed by atoms with Crippen LogP contribution in [0.15, 0.2) is 89.8 Å². The number of rotatable bonds is 10. The van der Waals surface area contributed by atoms with E-state index in [2.05, 4.69) is 10.6 Å². The lowest BCUT2D eigenvalue weighted by Crippen LogP contribution is -2.48. The first kappa shape index (κ1) is 24.9. The minimum Gasteiger partial charge on any atom is -0.445 e. The SMILES string of the molecule is NS(=O)(=O)c1ccc(CCNC(=O)[C@H](Cc2ccccc2)NC(=O)OCc2ccccc2)cc1. The number of benzene rings is 3. The van der Waals surface area contributed by atoms with Gasteiger partial charge in [-0.15, -0.1) is 0 Å². The molecule has 0 saturated heterocycles. The highest BCUT2D eigenvalue weighted by atomic mass is 32.2. The van der Waals surface area contributed by atoms with Gasteiger partial charge in [-0.1, -0.05) is 72.8 Å². The molecule has 0 aliphatic rings. The molecule has 0 spiro atoms. The predicted molar refractivity (Wildman–Crippen MR) is 128 cm³/mol. The van der Waals surface area contributed by atoms with Gasteiger partial charge in [-0.25, -0.2) is 18.4 Å². The van der Waals surface area contributed by atoms with Gasteiger partial charge in [0.2, 0.25) is 15.9 Å². The molecule has 3 aromatic carbocycles. The van der Waals surface area contributed by atoms with Crippen LogP contribution in [0.2, 0.25) is 0 Å². The van der Waals surface area contributed by atoms with Gasteiger partial charge in [-0.05, 0) is 35.2 Å². The Hall–Kier alpha value is -3.69. The Kier molecular flexibility index (Phi) is 8.78. The molecule has 9 heteroatoms. The molecule has 8 nitrogen and oxygen atoms in total. The summed E-state index contributed by atoms with van der Waals surface area (Å²) in [5, 5.41) is 10.6. The van der Waals surface area contributed by atoms with Crippen LogP contribution in [0, 0.1) is 0 Å². The van der Waals surface area contributed by atoms with E-state index < -0.39 is 22.2 Å². The first-order chi connectivity index (χ1) is 16.3. The van der Waals surface area contributed by atoms with Gasteiger partial charge >= 0.3 is 6.09 Å². The maximum atomic E-state index is 12.9. The van der Waals surface area contributed by atoms with Crippen LogP contribution in [0.25, 0.3) is 0 Å². The van der Waals surface area contributed by atoms with E-state index in [0.29, 0.717) is 19.4 Å². The van der Waals surface area contributed by atoms with Crippen molar-refractivity contribution in [2.45, 2.75) is 30.4 Å². The number of hydrogen-bond donors (Lipinski definition) is 3. The van der Waals surface area contributed by atoms with E-state index in [0.717, 1.165) is 16.7 Å². The van der Waals surface area contributed by atoms with Crippen LogP contribution < -0.4 is 15.8 Å². The quantitative estimate of drug-likeness (QED) is 0.410. The number of nitrogens with one attached hydrogen (secondary N) is 2. The molecule has 178 valence electrons. The Morgan fingerprint density at radius 2 is 1.41 bits per heavy atom. The molecule has 34 heavy (non-hydrogen) atoms. The number of carbonyl (C=O) groups excluding carboxylic acids is 2. The second-order valence-electron chi connectivity index (χ2n) is 7.68. The standard InChI is InChI=1S/C25H27N3O5S/c26-34(31,32)22-13-11-19(12-14-22)15-16-27-24(29)23(17-20-7-3-1-4-8-20)28-25(30)33-18-21-9-5-2-6-10-21/h1-14,23H,15-18H2,(H,27,29)(H,28,30)(H2,26,31,32)/t23-/m0/s1. The Bertz CT molecular complexity index is 1180.